The van der Waals surface area contributed by atoms with Crippen LogP contribution in [0.3, 0.4) is 0 Å². The zero-order valence-electron chi connectivity index (χ0n) is 15.1. The van der Waals surface area contributed by atoms with Crippen LogP contribution < -0.4 is 16.0 Å². The summed E-state index contributed by atoms with van der Waals surface area (Å²) in [4.78, 5) is 34.2. The summed E-state index contributed by atoms with van der Waals surface area (Å²) in [6, 6.07) is 6.18. The summed E-state index contributed by atoms with van der Waals surface area (Å²) in [6.45, 7) is 2.29. The van der Waals surface area contributed by atoms with E-state index in [1.165, 1.54) is 22.7 Å². The van der Waals surface area contributed by atoms with Crippen molar-refractivity contribution in [1.82, 2.24) is 24.0 Å². The Labute approximate surface area is 149 Å². The molecule has 8 heteroatoms. The molecule has 3 aromatic rings. The van der Waals surface area contributed by atoms with Gasteiger partial charge in [-0.1, -0.05) is 6.07 Å². The highest BCUT2D eigenvalue weighted by molar-refractivity contribution is 5.69. The standard InChI is InChI=1S/C18H21N5O3/c1-21-16-15(17(24)22(2)18(21)25)19-14(20-16)10-23-7-6-11-4-5-13(26-3)8-12(11)9-23/h4-5,8H,6-7,9-10H2,1-3H3,(H,19,20). The number of fused-ring (bicyclic) bond motifs is 2. The minimum Gasteiger partial charge on any atom is -0.497 e. The van der Waals surface area contributed by atoms with E-state index in [1.54, 1.807) is 14.2 Å². The molecule has 0 radical (unpaired) electrons. The molecule has 1 aliphatic rings. The third-order valence-corrected chi connectivity index (χ3v) is 5.02. The number of aryl methyl sites for hydroxylation is 1. The van der Waals surface area contributed by atoms with E-state index in [9.17, 15) is 9.59 Å². The van der Waals surface area contributed by atoms with E-state index in [0.717, 1.165) is 29.8 Å². The first-order valence-electron chi connectivity index (χ1n) is 8.50. The normalized spacial score (nSPS) is 14.6. The van der Waals surface area contributed by atoms with E-state index < -0.39 is 0 Å². The highest BCUT2D eigenvalue weighted by Gasteiger charge is 2.19. The van der Waals surface area contributed by atoms with Crippen molar-refractivity contribution >= 4 is 11.2 Å². The molecule has 0 atom stereocenters. The topological polar surface area (TPSA) is 85.2 Å². The molecule has 0 saturated carbocycles. The van der Waals surface area contributed by atoms with E-state index >= 15 is 0 Å². The zero-order valence-corrected chi connectivity index (χ0v) is 15.1. The molecule has 4 rings (SSSR count). The van der Waals surface area contributed by atoms with Crippen LogP contribution in [0.25, 0.3) is 11.2 Å². The molecule has 136 valence electrons. The van der Waals surface area contributed by atoms with Crippen molar-refractivity contribution in [3.63, 3.8) is 0 Å². The number of aromatic amines is 1. The number of aromatic nitrogens is 4. The lowest BCUT2D eigenvalue weighted by Gasteiger charge is -2.28. The SMILES string of the molecule is COc1ccc2c(c1)CN(Cc1nc3c([nH]1)c(=O)n(C)c(=O)n3C)CC2. The second kappa shape index (κ2) is 6.14. The van der Waals surface area contributed by atoms with Gasteiger partial charge in [0.15, 0.2) is 5.65 Å². The summed E-state index contributed by atoms with van der Waals surface area (Å²) < 4.78 is 7.80. The van der Waals surface area contributed by atoms with Crippen LogP contribution in [0.4, 0.5) is 0 Å². The first-order chi connectivity index (χ1) is 12.5. The van der Waals surface area contributed by atoms with Crippen molar-refractivity contribution in [1.29, 1.82) is 0 Å². The van der Waals surface area contributed by atoms with Crippen molar-refractivity contribution < 1.29 is 4.74 Å². The molecule has 1 aromatic carbocycles. The zero-order chi connectivity index (χ0) is 18.4. The number of nitrogens with zero attached hydrogens (tertiary/aromatic N) is 4. The fourth-order valence-electron chi connectivity index (χ4n) is 3.51. The molecule has 0 amide bonds. The summed E-state index contributed by atoms with van der Waals surface area (Å²) in [5, 5.41) is 0. The Morgan fingerprint density at radius 3 is 2.77 bits per heavy atom. The fourth-order valence-corrected chi connectivity index (χ4v) is 3.51. The van der Waals surface area contributed by atoms with Gasteiger partial charge in [0.25, 0.3) is 5.56 Å². The average Bonchev–Trinajstić information content (AvgIpc) is 3.08. The van der Waals surface area contributed by atoms with Gasteiger partial charge >= 0.3 is 5.69 Å². The maximum atomic E-state index is 12.3. The molecule has 2 aromatic heterocycles. The molecule has 0 fully saturated rings. The lowest BCUT2D eigenvalue weighted by molar-refractivity contribution is 0.240. The van der Waals surface area contributed by atoms with Crippen molar-refractivity contribution in [3.05, 3.63) is 56.0 Å². The Bertz CT molecular complexity index is 1110. The van der Waals surface area contributed by atoms with Crippen LogP contribution in [-0.2, 0) is 33.6 Å². The smallest absolute Gasteiger partial charge is 0.332 e. The summed E-state index contributed by atoms with van der Waals surface area (Å²) in [6.07, 6.45) is 0.958. The van der Waals surface area contributed by atoms with Gasteiger partial charge < -0.3 is 9.72 Å². The minimum atomic E-state index is -0.375. The molecule has 0 bridgehead atoms. The summed E-state index contributed by atoms with van der Waals surface area (Å²) >= 11 is 0. The van der Waals surface area contributed by atoms with Gasteiger partial charge in [-0.05, 0) is 29.7 Å². The quantitative estimate of drug-likeness (QED) is 0.741. The molecular formula is C18H21N5O3. The second-order valence-corrected chi connectivity index (χ2v) is 6.68. The second-order valence-electron chi connectivity index (χ2n) is 6.68. The lowest BCUT2D eigenvalue weighted by Crippen LogP contribution is -2.36. The van der Waals surface area contributed by atoms with E-state index in [-0.39, 0.29) is 11.2 Å². The van der Waals surface area contributed by atoms with Crippen LogP contribution in [0.5, 0.6) is 5.75 Å². The predicted octanol–water partition coefficient (Wildman–Crippen LogP) is 0.527. The molecule has 0 aliphatic carbocycles. The molecule has 1 aliphatic heterocycles. The van der Waals surface area contributed by atoms with Crippen LogP contribution in [0.2, 0.25) is 0 Å². The van der Waals surface area contributed by atoms with E-state index in [2.05, 4.69) is 27.0 Å². The van der Waals surface area contributed by atoms with Crippen molar-refractivity contribution in [2.75, 3.05) is 13.7 Å². The first kappa shape index (κ1) is 16.6. The van der Waals surface area contributed by atoms with Gasteiger partial charge in [-0.25, -0.2) is 9.78 Å². The number of hydrogen-bond donors (Lipinski definition) is 1. The molecule has 0 spiro atoms. The Kier molecular flexibility index (Phi) is 3.91. The van der Waals surface area contributed by atoms with Gasteiger partial charge in [-0.15, -0.1) is 0 Å². The minimum absolute atomic E-state index is 0.351. The number of H-pyrrole nitrogens is 1. The fraction of sp³-hybridized carbons (Fsp3) is 0.389. The third kappa shape index (κ3) is 2.62. The number of benzene rings is 1. The highest BCUT2D eigenvalue weighted by Crippen LogP contribution is 2.24. The summed E-state index contributed by atoms with van der Waals surface area (Å²) in [7, 11) is 4.76. The monoisotopic (exact) mass is 355 g/mol. The Morgan fingerprint density at radius 2 is 2.00 bits per heavy atom. The van der Waals surface area contributed by atoms with Crippen LogP contribution in [0.1, 0.15) is 17.0 Å². The van der Waals surface area contributed by atoms with E-state index in [4.69, 9.17) is 4.74 Å². The van der Waals surface area contributed by atoms with E-state index in [1.807, 2.05) is 6.07 Å². The Balaban J connectivity index is 1.64. The summed E-state index contributed by atoms with van der Waals surface area (Å²) in [5.41, 5.74) is 2.61. The lowest BCUT2D eigenvalue weighted by atomic mass is 9.99. The van der Waals surface area contributed by atoms with Crippen LogP contribution >= 0.6 is 0 Å². The number of methoxy groups -OCH3 is 1. The maximum Gasteiger partial charge on any atom is 0.332 e. The van der Waals surface area contributed by atoms with Crippen LogP contribution in [0, 0.1) is 0 Å². The molecule has 0 saturated heterocycles. The molecule has 0 unspecified atom stereocenters. The largest absolute Gasteiger partial charge is 0.497 e. The molecule has 26 heavy (non-hydrogen) atoms. The number of imidazole rings is 1. The number of rotatable bonds is 3. The average molecular weight is 355 g/mol. The summed E-state index contributed by atoms with van der Waals surface area (Å²) in [5.74, 6) is 1.54. The Morgan fingerprint density at radius 1 is 1.19 bits per heavy atom. The number of hydrogen-bond acceptors (Lipinski definition) is 5. The third-order valence-electron chi connectivity index (χ3n) is 5.02. The molecule has 1 N–H and O–H groups in total. The van der Waals surface area contributed by atoms with Crippen molar-refractivity contribution in [3.8, 4) is 5.75 Å². The maximum absolute atomic E-state index is 12.3. The van der Waals surface area contributed by atoms with Gasteiger partial charge in [0.1, 0.15) is 17.1 Å². The van der Waals surface area contributed by atoms with Crippen LogP contribution in [0.15, 0.2) is 27.8 Å². The highest BCUT2D eigenvalue weighted by atomic mass is 16.5. The molecule has 3 heterocycles. The molecular weight excluding hydrogens is 334 g/mol. The van der Waals surface area contributed by atoms with Gasteiger partial charge in [0, 0.05) is 27.2 Å². The number of nitrogens with one attached hydrogen (secondary N) is 1. The van der Waals surface area contributed by atoms with Crippen molar-refractivity contribution in [2.24, 2.45) is 14.1 Å². The van der Waals surface area contributed by atoms with Gasteiger partial charge in [0.2, 0.25) is 0 Å². The van der Waals surface area contributed by atoms with Crippen molar-refractivity contribution in [2.45, 2.75) is 19.5 Å². The first-order valence-corrected chi connectivity index (χ1v) is 8.50. The Hall–Kier alpha value is -2.87. The van der Waals surface area contributed by atoms with Gasteiger partial charge in [-0.3, -0.25) is 18.8 Å². The van der Waals surface area contributed by atoms with E-state index in [0.29, 0.717) is 23.5 Å². The van der Waals surface area contributed by atoms with Gasteiger partial charge in [-0.2, -0.15) is 0 Å². The molecule has 8 nitrogen and oxygen atoms in total. The van der Waals surface area contributed by atoms with Crippen LogP contribution in [-0.4, -0.2) is 37.7 Å². The number of ether oxygens (including phenoxy) is 1. The predicted molar refractivity (Wildman–Crippen MR) is 97.4 cm³/mol. The van der Waals surface area contributed by atoms with Gasteiger partial charge in [0.05, 0.1) is 13.7 Å².